The summed E-state index contributed by atoms with van der Waals surface area (Å²) in [6, 6.07) is 19.5. The van der Waals surface area contributed by atoms with Crippen molar-refractivity contribution < 1.29 is 9.90 Å². The normalized spacial score (nSPS) is 21.5. The maximum absolute atomic E-state index is 11.9. The van der Waals surface area contributed by atoms with Gasteiger partial charge in [-0.25, -0.2) is 0 Å². The number of hydrogen-bond donors (Lipinski definition) is 1. The van der Waals surface area contributed by atoms with Gasteiger partial charge in [0.05, 0.1) is 0 Å². The van der Waals surface area contributed by atoms with Crippen molar-refractivity contribution in [1.29, 1.82) is 0 Å². The zero-order valence-electron chi connectivity index (χ0n) is 11.1. The van der Waals surface area contributed by atoms with E-state index < -0.39 is 11.4 Å². The van der Waals surface area contributed by atoms with E-state index in [1.54, 1.807) is 0 Å². The second kappa shape index (κ2) is 4.97. The average Bonchev–Trinajstić information content (AvgIpc) is 2.96. The van der Waals surface area contributed by atoms with Gasteiger partial charge in [0.1, 0.15) is 5.41 Å². The van der Waals surface area contributed by atoms with Gasteiger partial charge in [-0.15, -0.1) is 0 Å². The van der Waals surface area contributed by atoms with Crippen molar-refractivity contribution in [3.8, 4) is 0 Å². The SMILES string of the molecule is O=C(O)C1(c2ccccc2)C=C(c2ccccc2)CC1. The second-order valence-corrected chi connectivity index (χ2v) is 5.18. The van der Waals surface area contributed by atoms with Crippen LogP contribution in [0.1, 0.15) is 24.0 Å². The Hall–Kier alpha value is -2.35. The van der Waals surface area contributed by atoms with Gasteiger partial charge < -0.3 is 5.11 Å². The van der Waals surface area contributed by atoms with Crippen LogP contribution in [0, 0.1) is 0 Å². The summed E-state index contributed by atoms with van der Waals surface area (Å²) in [4.78, 5) is 11.9. The van der Waals surface area contributed by atoms with Crippen molar-refractivity contribution in [3.05, 3.63) is 77.9 Å². The van der Waals surface area contributed by atoms with Gasteiger partial charge in [-0.05, 0) is 29.5 Å². The standard InChI is InChI=1S/C18H16O2/c19-17(20)18(16-9-5-2-6-10-16)12-11-15(13-18)14-7-3-1-4-8-14/h1-10,13H,11-12H2,(H,19,20). The zero-order valence-corrected chi connectivity index (χ0v) is 11.1. The molecule has 0 fully saturated rings. The van der Waals surface area contributed by atoms with Crippen LogP contribution >= 0.6 is 0 Å². The fraction of sp³-hybridized carbons (Fsp3) is 0.167. The Bertz CT molecular complexity index is 644. The predicted molar refractivity (Wildman–Crippen MR) is 79.4 cm³/mol. The van der Waals surface area contributed by atoms with Gasteiger partial charge in [0.15, 0.2) is 0 Å². The fourth-order valence-corrected chi connectivity index (χ4v) is 2.91. The molecule has 0 saturated heterocycles. The monoisotopic (exact) mass is 264 g/mol. The van der Waals surface area contributed by atoms with Crippen LogP contribution in [0.25, 0.3) is 5.57 Å². The molecule has 0 radical (unpaired) electrons. The number of carboxylic acids is 1. The number of hydrogen-bond acceptors (Lipinski definition) is 1. The quantitative estimate of drug-likeness (QED) is 0.913. The smallest absolute Gasteiger partial charge is 0.318 e. The molecular weight excluding hydrogens is 248 g/mol. The molecule has 2 aromatic carbocycles. The lowest BCUT2D eigenvalue weighted by Gasteiger charge is -2.22. The molecule has 0 aliphatic heterocycles. The zero-order chi connectivity index (χ0) is 14.0. The van der Waals surface area contributed by atoms with E-state index in [1.807, 2.05) is 66.7 Å². The summed E-state index contributed by atoms with van der Waals surface area (Å²) in [6.07, 6.45) is 3.35. The molecular formula is C18H16O2. The van der Waals surface area contributed by atoms with E-state index in [-0.39, 0.29) is 0 Å². The number of carbonyl (C=O) groups is 1. The lowest BCUT2D eigenvalue weighted by molar-refractivity contribution is -0.141. The van der Waals surface area contributed by atoms with Crippen LogP contribution in [0.2, 0.25) is 0 Å². The van der Waals surface area contributed by atoms with E-state index >= 15 is 0 Å². The number of aliphatic carboxylic acids is 1. The molecule has 0 spiro atoms. The molecule has 1 unspecified atom stereocenters. The number of benzene rings is 2. The Kier molecular flexibility index (Phi) is 3.15. The van der Waals surface area contributed by atoms with Gasteiger partial charge in [0, 0.05) is 0 Å². The van der Waals surface area contributed by atoms with Gasteiger partial charge in [-0.1, -0.05) is 66.7 Å². The number of allylic oxidation sites excluding steroid dienone is 1. The lowest BCUT2D eigenvalue weighted by Crippen LogP contribution is -2.31. The molecule has 0 amide bonds. The highest BCUT2D eigenvalue weighted by atomic mass is 16.4. The molecule has 2 aromatic rings. The van der Waals surface area contributed by atoms with Crippen LogP contribution in [0.15, 0.2) is 66.7 Å². The molecule has 1 aliphatic rings. The maximum Gasteiger partial charge on any atom is 0.318 e. The van der Waals surface area contributed by atoms with Crippen LogP contribution in [-0.4, -0.2) is 11.1 Å². The molecule has 3 rings (SSSR count). The van der Waals surface area contributed by atoms with Crippen LogP contribution in [0.3, 0.4) is 0 Å². The van der Waals surface area contributed by atoms with Crippen molar-refractivity contribution in [2.24, 2.45) is 0 Å². The fourth-order valence-electron chi connectivity index (χ4n) is 2.91. The van der Waals surface area contributed by atoms with E-state index in [2.05, 4.69) is 0 Å². The molecule has 2 heteroatoms. The highest BCUT2D eigenvalue weighted by Crippen LogP contribution is 2.42. The summed E-state index contributed by atoms with van der Waals surface area (Å²) >= 11 is 0. The third kappa shape index (κ3) is 2.03. The molecule has 2 nitrogen and oxygen atoms in total. The molecule has 0 bridgehead atoms. The topological polar surface area (TPSA) is 37.3 Å². The first-order chi connectivity index (χ1) is 9.72. The van der Waals surface area contributed by atoms with Crippen molar-refractivity contribution in [2.75, 3.05) is 0 Å². The highest BCUT2D eigenvalue weighted by molar-refractivity contribution is 5.89. The van der Waals surface area contributed by atoms with Gasteiger partial charge in [0.2, 0.25) is 0 Å². The lowest BCUT2D eigenvalue weighted by atomic mass is 9.80. The van der Waals surface area contributed by atoms with E-state index in [0.717, 1.165) is 23.1 Å². The molecule has 1 N–H and O–H groups in total. The van der Waals surface area contributed by atoms with E-state index in [0.29, 0.717) is 6.42 Å². The molecule has 0 aromatic heterocycles. The van der Waals surface area contributed by atoms with Crippen molar-refractivity contribution in [1.82, 2.24) is 0 Å². The molecule has 20 heavy (non-hydrogen) atoms. The summed E-state index contributed by atoms with van der Waals surface area (Å²) in [7, 11) is 0. The molecule has 1 atom stereocenters. The van der Waals surface area contributed by atoms with Crippen LogP contribution < -0.4 is 0 Å². The number of rotatable bonds is 3. The summed E-state index contributed by atoms with van der Waals surface area (Å²) in [5, 5.41) is 9.74. The van der Waals surface area contributed by atoms with E-state index in [1.165, 1.54) is 0 Å². The highest BCUT2D eigenvalue weighted by Gasteiger charge is 2.42. The van der Waals surface area contributed by atoms with Crippen LogP contribution in [0.5, 0.6) is 0 Å². The predicted octanol–water partition coefficient (Wildman–Crippen LogP) is 3.89. The Morgan fingerprint density at radius 1 is 0.950 bits per heavy atom. The molecule has 0 saturated carbocycles. The Morgan fingerprint density at radius 2 is 1.55 bits per heavy atom. The first-order valence-corrected chi connectivity index (χ1v) is 6.78. The Morgan fingerprint density at radius 3 is 2.15 bits per heavy atom. The molecule has 0 heterocycles. The third-order valence-electron chi connectivity index (χ3n) is 4.02. The van der Waals surface area contributed by atoms with Gasteiger partial charge in [-0.2, -0.15) is 0 Å². The maximum atomic E-state index is 11.9. The van der Waals surface area contributed by atoms with Crippen molar-refractivity contribution >= 4 is 11.5 Å². The first-order valence-electron chi connectivity index (χ1n) is 6.78. The summed E-state index contributed by atoms with van der Waals surface area (Å²) < 4.78 is 0. The van der Waals surface area contributed by atoms with Crippen molar-refractivity contribution in [2.45, 2.75) is 18.3 Å². The average molecular weight is 264 g/mol. The second-order valence-electron chi connectivity index (χ2n) is 5.18. The van der Waals surface area contributed by atoms with Gasteiger partial charge in [-0.3, -0.25) is 4.79 Å². The summed E-state index contributed by atoms with van der Waals surface area (Å²) in [6.45, 7) is 0. The Labute approximate surface area is 118 Å². The summed E-state index contributed by atoms with van der Waals surface area (Å²) in [5.41, 5.74) is 2.22. The van der Waals surface area contributed by atoms with Gasteiger partial charge in [0.25, 0.3) is 0 Å². The summed E-state index contributed by atoms with van der Waals surface area (Å²) in [5.74, 6) is -0.769. The first kappa shape index (κ1) is 12.7. The Balaban J connectivity index is 2.07. The largest absolute Gasteiger partial charge is 0.480 e. The van der Waals surface area contributed by atoms with Crippen LogP contribution in [-0.2, 0) is 10.2 Å². The van der Waals surface area contributed by atoms with Crippen molar-refractivity contribution in [3.63, 3.8) is 0 Å². The van der Waals surface area contributed by atoms with E-state index in [9.17, 15) is 9.90 Å². The minimum absolute atomic E-state index is 0.622. The molecule has 100 valence electrons. The minimum Gasteiger partial charge on any atom is -0.480 e. The number of carboxylic acid groups (broad SMARTS) is 1. The molecule has 1 aliphatic carbocycles. The van der Waals surface area contributed by atoms with Gasteiger partial charge >= 0.3 is 5.97 Å². The minimum atomic E-state index is -0.883. The van der Waals surface area contributed by atoms with E-state index in [4.69, 9.17) is 0 Å². The van der Waals surface area contributed by atoms with Crippen LogP contribution in [0.4, 0.5) is 0 Å². The third-order valence-corrected chi connectivity index (χ3v) is 4.02.